The number of aliphatic hydroxyl groups is 1. The molecule has 1 fully saturated rings. The predicted molar refractivity (Wildman–Crippen MR) is 83.5 cm³/mol. The number of benzene rings is 1. The lowest BCUT2D eigenvalue weighted by Gasteiger charge is -2.39. The summed E-state index contributed by atoms with van der Waals surface area (Å²) < 4.78 is 14.8. The number of piperidine rings is 1. The number of nitrogens with zero attached hydrogens (tertiary/aromatic N) is 1. The summed E-state index contributed by atoms with van der Waals surface area (Å²) in [6, 6.07) is 3.32. The third-order valence-corrected chi connectivity index (χ3v) is 5.10. The second kappa shape index (κ2) is 6.30. The van der Waals surface area contributed by atoms with Gasteiger partial charge in [-0.2, -0.15) is 0 Å². The van der Waals surface area contributed by atoms with Crippen LogP contribution in [0.25, 0.3) is 0 Å². The average Bonchev–Trinajstić information content (AvgIpc) is 2.38. The van der Waals surface area contributed by atoms with Crippen molar-refractivity contribution < 1.29 is 9.50 Å². The monoisotopic (exact) mass is 363 g/mol. The quantitative estimate of drug-likeness (QED) is 0.813. The topological polar surface area (TPSA) is 23.5 Å². The van der Waals surface area contributed by atoms with Gasteiger partial charge in [-0.25, -0.2) is 4.39 Å². The fourth-order valence-electron chi connectivity index (χ4n) is 2.78. The first-order valence-corrected chi connectivity index (χ1v) is 8.09. The maximum atomic E-state index is 14.3. The van der Waals surface area contributed by atoms with Crippen molar-refractivity contribution in [2.75, 3.05) is 19.6 Å². The minimum atomic E-state index is -1.11. The summed E-state index contributed by atoms with van der Waals surface area (Å²) in [7, 11) is 0. The van der Waals surface area contributed by atoms with Crippen molar-refractivity contribution in [3.63, 3.8) is 0 Å². The molecule has 112 valence electrons. The second-order valence-corrected chi connectivity index (χ2v) is 7.18. The van der Waals surface area contributed by atoms with E-state index in [1.807, 2.05) is 0 Å². The molecule has 1 aromatic rings. The Bertz CT molecular complexity index is 487. The maximum absolute atomic E-state index is 14.3. The van der Waals surface area contributed by atoms with Gasteiger partial charge in [0.15, 0.2) is 0 Å². The lowest BCUT2D eigenvalue weighted by Crippen LogP contribution is -2.44. The zero-order valence-electron chi connectivity index (χ0n) is 11.8. The molecular weight excluding hydrogens is 345 g/mol. The van der Waals surface area contributed by atoms with Crippen LogP contribution in [0, 0.1) is 11.7 Å². The van der Waals surface area contributed by atoms with Crippen LogP contribution < -0.4 is 0 Å². The highest BCUT2D eigenvalue weighted by Crippen LogP contribution is 2.38. The predicted octanol–water partition coefficient (Wildman–Crippen LogP) is 4.18. The van der Waals surface area contributed by atoms with Crippen molar-refractivity contribution in [1.82, 2.24) is 4.90 Å². The third-order valence-electron chi connectivity index (χ3n) is 3.84. The van der Waals surface area contributed by atoms with E-state index < -0.39 is 11.4 Å². The van der Waals surface area contributed by atoms with E-state index in [2.05, 4.69) is 34.7 Å². The molecule has 0 radical (unpaired) electrons. The van der Waals surface area contributed by atoms with Crippen LogP contribution in [-0.4, -0.2) is 29.6 Å². The minimum absolute atomic E-state index is 0.0422. The Kier molecular flexibility index (Phi) is 5.11. The van der Waals surface area contributed by atoms with Gasteiger partial charge in [0.25, 0.3) is 0 Å². The molecule has 2 nitrogen and oxygen atoms in total. The summed E-state index contributed by atoms with van der Waals surface area (Å²) in [4.78, 5) is 2.32. The molecule has 1 aliphatic heterocycles. The minimum Gasteiger partial charge on any atom is -0.385 e. The Morgan fingerprint density at radius 3 is 2.55 bits per heavy atom. The highest BCUT2D eigenvalue weighted by Gasteiger charge is 2.36. The summed E-state index contributed by atoms with van der Waals surface area (Å²) in [6.45, 7) is 6.92. The third kappa shape index (κ3) is 3.35. The van der Waals surface area contributed by atoms with Gasteiger partial charge in [0.05, 0.1) is 10.6 Å². The van der Waals surface area contributed by atoms with Crippen molar-refractivity contribution in [3.8, 4) is 0 Å². The molecule has 0 saturated carbocycles. The molecular formula is C15H20BrClFNO. The van der Waals surface area contributed by atoms with Crippen LogP contribution in [-0.2, 0) is 5.60 Å². The first-order chi connectivity index (χ1) is 9.33. The molecule has 1 aliphatic rings. The summed E-state index contributed by atoms with van der Waals surface area (Å²) in [5, 5.41) is 10.8. The molecule has 0 aromatic heterocycles. The van der Waals surface area contributed by atoms with Crippen molar-refractivity contribution in [2.45, 2.75) is 32.3 Å². The number of hydrogen-bond donors (Lipinski definition) is 1. The summed E-state index contributed by atoms with van der Waals surface area (Å²) >= 11 is 9.11. The van der Waals surface area contributed by atoms with Gasteiger partial charge in [-0.15, -0.1) is 0 Å². The second-order valence-electron chi connectivity index (χ2n) is 5.95. The van der Waals surface area contributed by atoms with E-state index in [0.29, 0.717) is 28.8 Å². The summed E-state index contributed by atoms with van der Waals surface area (Å²) in [5.41, 5.74) is -0.795. The van der Waals surface area contributed by atoms with Gasteiger partial charge in [0, 0.05) is 29.7 Å². The molecule has 1 saturated heterocycles. The van der Waals surface area contributed by atoms with Gasteiger partial charge in [-0.05, 0) is 40.8 Å². The van der Waals surface area contributed by atoms with Crippen molar-refractivity contribution in [3.05, 3.63) is 33.0 Å². The largest absolute Gasteiger partial charge is 0.385 e. The lowest BCUT2D eigenvalue weighted by atomic mass is 9.84. The van der Waals surface area contributed by atoms with Crippen LogP contribution in [0.5, 0.6) is 0 Å². The molecule has 0 atom stereocenters. The standard InChI is InChI=1S/C15H20BrClFNO/c1-10(2)9-19-7-5-15(20,6-8-19)11-3-4-12(16)13(17)14(11)18/h3-4,10,20H,5-9H2,1-2H3. The molecule has 0 spiro atoms. The molecule has 0 aliphatic carbocycles. The highest BCUT2D eigenvalue weighted by atomic mass is 79.9. The number of hydrogen-bond acceptors (Lipinski definition) is 2. The van der Waals surface area contributed by atoms with Crippen LogP contribution in [0.2, 0.25) is 5.02 Å². The maximum Gasteiger partial charge on any atom is 0.149 e. The molecule has 1 aromatic carbocycles. The Morgan fingerprint density at radius 1 is 1.40 bits per heavy atom. The van der Waals surface area contributed by atoms with E-state index in [1.165, 1.54) is 0 Å². The van der Waals surface area contributed by atoms with Crippen LogP contribution >= 0.6 is 27.5 Å². The molecule has 0 unspecified atom stereocenters. The number of halogens is 3. The van der Waals surface area contributed by atoms with E-state index >= 15 is 0 Å². The summed E-state index contributed by atoms with van der Waals surface area (Å²) in [5.74, 6) is 0.0842. The Balaban J connectivity index is 2.16. The van der Waals surface area contributed by atoms with Crippen LogP contribution in [0.3, 0.4) is 0 Å². The van der Waals surface area contributed by atoms with E-state index in [0.717, 1.165) is 19.6 Å². The fraction of sp³-hybridized carbons (Fsp3) is 0.600. The van der Waals surface area contributed by atoms with Gasteiger partial charge in [0.1, 0.15) is 5.82 Å². The molecule has 2 rings (SSSR count). The SMILES string of the molecule is CC(C)CN1CCC(O)(c2ccc(Br)c(Cl)c2F)CC1. The first kappa shape index (κ1) is 16.2. The van der Waals surface area contributed by atoms with E-state index in [4.69, 9.17) is 11.6 Å². The van der Waals surface area contributed by atoms with Crippen LogP contribution in [0.15, 0.2) is 16.6 Å². The van der Waals surface area contributed by atoms with Gasteiger partial charge in [0.2, 0.25) is 0 Å². The zero-order valence-corrected chi connectivity index (χ0v) is 14.1. The first-order valence-electron chi connectivity index (χ1n) is 6.92. The molecule has 5 heteroatoms. The van der Waals surface area contributed by atoms with Crippen molar-refractivity contribution in [1.29, 1.82) is 0 Å². The van der Waals surface area contributed by atoms with E-state index in [9.17, 15) is 9.50 Å². The van der Waals surface area contributed by atoms with Crippen LogP contribution in [0.1, 0.15) is 32.3 Å². The molecule has 0 amide bonds. The van der Waals surface area contributed by atoms with Crippen molar-refractivity contribution in [2.24, 2.45) is 5.92 Å². The molecule has 1 N–H and O–H groups in total. The highest BCUT2D eigenvalue weighted by molar-refractivity contribution is 9.10. The van der Waals surface area contributed by atoms with Gasteiger partial charge < -0.3 is 10.0 Å². The smallest absolute Gasteiger partial charge is 0.149 e. The van der Waals surface area contributed by atoms with Gasteiger partial charge >= 0.3 is 0 Å². The van der Waals surface area contributed by atoms with Gasteiger partial charge in [-0.3, -0.25) is 0 Å². The number of rotatable bonds is 3. The van der Waals surface area contributed by atoms with E-state index in [-0.39, 0.29) is 5.02 Å². The molecule has 0 bridgehead atoms. The lowest BCUT2D eigenvalue weighted by molar-refractivity contribution is -0.0304. The normalized spacial score (nSPS) is 19.6. The Morgan fingerprint density at radius 2 is 2.00 bits per heavy atom. The molecule has 1 heterocycles. The van der Waals surface area contributed by atoms with Crippen molar-refractivity contribution >= 4 is 27.5 Å². The zero-order chi connectivity index (χ0) is 14.9. The average molecular weight is 365 g/mol. The Hall–Kier alpha value is -0.160. The number of likely N-dealkylation sites (tertiary alicyclic amines) is 1. The van der Waals surface area contributed by atoms with E-state index in [1.54, 1.807) is 12.1 Å². The Labute approximate surface area is 133 Å². The molecule has 20 heavy (non-hydrogen) atoms. The van der Waals surface area contributed by atoms with Crippen LogP contribution in [0.4, 0.5) is 4.39 Å². The van der Waals surface area contributed by atoms with Gasteiger partial charge in [-0.1, -0.05) is 31.5 Å². The summed E-state index contributed by atoms with van der Waals surface area (Å²) in [6.07, 6.45) is 1.07. The fourth-order valence-corrected chi connectivity index (χ4v) is 3.25.